The first-order valence-electron chi connectivity index (χ1n) is 10.0. The van der Waals surface area contributed by atoms with Crippen molar-refractivity contribution < 1.29 is 19.1 Å². The molecule has 0 spiro atoms. The highest BCUT2D eigenvalue weighted by atomic mass is 127. The van der Waals surface area contributed by atoms with Gasteiger partial charge in [0.15, 0.2) is 5.96 Å². The van der Waals surface area contributed by atoms with Gasteiger partial charge in [-0.05, 0) is 33.6 Å². The minimum atomic E-state index is -0.505. The summed E-state index contributed by atoms with van der Waals surface area (Å²) in [5.74, 6) is 0.890. The summed E-state index contributed by atoms with van der Waals surface area (Å²) in [4.78, 5) is 34.3. The maximum absolute atomic E-state index is 12.4. The Bertz CT molecular complexity index is 567. The quantitative estimate of drug-likeness (QED) is 0.339. The first kappa shape index (κ1) is 25.7. The van der Waals surface area contributed by atoms with Crippen LogP contribution < -0.4 is 5.32 Å². The molecule has 1 N–H and O–H groups in total. The molecule has 2 rings (SSSR count). The van der Waals surface area contributed by atoms with Gasteiger partial charge < -0.3 is 29.5 Å². The Kier molecular flexibility index (Phi) is 10.4. The Morgan fingerprint density at radius 1 is 1.21 bits per heavy atom. The van der Waals surface area contributed by atoms with Gasteiger partial charge >= 0.3 is 6.09 Å². The van der Waals surface area contributed by atoms with Crippen LogP contribution >= 0.6 is 24.0 Å². The Morgan fingerprint density at radius 3 is 2.34 bits per heavy atom. The molecule has 29 heavy (non-hydrogen) atoms. The van der Waals surface area contributed by atoms with Crippen molar-refractivity contribution in [1.82, 2.24) is 20.0 Å². The number of nitrogens with zero attached hydrogens (tertiary/aromatic N) is 4. The van der Waals surface area contributed by atoms with E-state index in [-0.39, 0.29) is 42.1 Å². The lowest BCUT2D eigenvalue weighted by Crippen LogP contribution is -2.55. The van der Waals surface area contributed by atoms with E-state index in [1.807, 2.05) is 25.7 Å². The van der Waals surface area contributed by atoms with Crippen molar-refractivity contribution in [3.8, 4) is 0 Å². The predicted molar refractivity (Wildman–Crippen MR) is 123 cm³/mol. The molecule has 0 aliphatic carbocycles. The van der Waals surface area contributed by atoms with Gasteiger partial charge in [0, 0.05) is 60.0 Å². The third-order valence-corrected chi connectivity index (χ3v) is 4.74. The number of nitrogens with one attached hydrogen (secondary N) is 1. The van der Waals surface area contributed by atoms with Crippen molar-refractivity contribution in [3.63, 3.8) is 0 Å². The molecule has 2 aliphatic heterocycles. The van der Waals surface area contributed by atoms with E-state index in [9.17, 15) is 9.59 Å². The number of aliphatic imine (C=N–C) groups is 1. The van der Waals surface area contributed by atoms with E-state index in [1.165, 1.54) is 0 Å². The van der Waals surface area contributed by atoms with E-state index in [0.717, 1.165) is 31.9 Å². The number of likely N-dealkylation sites (N-methyl/N-ethyl adjacent to an activating group) is 1. The summed E-state index contributed by atoms with van der Waals surface area (Å²) >= 11 is 0. The Labute approximate surface area is 191 Å². The highest BCUT2D eigenvalue weighted by Crippen LogP contribution is 2.16. The zero-order valence-corrected chi connectivity index (χ0v) is 20.6. The van der Waals surface area contributed by atoms with Gasteiger partial charge in [0.1, 0.15) is 11.7 Å². The lowest BCUT2D eigenvalue weighted by atomic mass is 10.2. The number of piperazine rings is 1. The smallest absolute Gasteiger partial charge is 0.410 e. The van der Waals surface area contributed by atoms with Crippen molar-refractivity contribution in [3.05, 3.63) is 0 Å². The first-order valence-corrected chi connectivity index (χ1v) is 10.0. The highest BCUT2D eigenvalue weighted by molar-refractivity contribution is 14.0. The summed E-state index contributed by atoms with van der Waals surface area (Å²) in [5.41, 5.74) is -0.505. The fraction of sp³-hybridized carbons (Fsp3) is 0.842. The second-order valence-corrected chi connectivity index (χ2v) is 8.19. The van der Waals surface area contributed by atoms with Crippen LogP contribution in [0.5, 0.6) is 0 Å². The third kappa shape index (κ3) is 8.15. The lowest BCUT2D eigenvalue weighted by Gasteiger charge is -2.37. The number of halogens is 1. The largest absolute Gasteiger partial charge is 0.444 e. The molecule has 2 fully saturated rings. The monoisotopic (exact) mass is 525 g/mol. The maximum Gasteiger partial charge on any atom is 0.410 e. The van der Waals surface area contributed by atoms with Crippen LogP contribution in [0.25, 0.3) is 0 Å². The van der Waals surface area contributed by atoms with Crippen LogP contribution in [-0.4, -0.2) is 104 Å². The number of ether oxygens (including phenoxy) is 2. The minimum Gasteiger partial charge on any atom is -0.444 e. The van der Waals surface area contributed by atoms with E-state index >= 15 is 0 Å². The number of carbonyl (C=O) groups is 2. The molecule has 0 aromatic rings. The molecule has 0 saturated carbocycles. The van der Waals surface area contributed by atoms with Gasteiger partial charge in [-0.25, -0.2) is 4.79 Å². The maximum atomic E-state index is 12.4. The van der Waals surface area contributed by atoms with Crippen LogP contribution in [-0.2, 0) is 14.3 Å². The molecule has 1 atom stereocenters. The van der Waals surface area contributed by atoms with Gasteiger partial charge in [-0.3, -0.25) is 9.79 Å². The zero-order valence-electron chi connectivity index (χ0n) is 18.3. The number of guanidine groups is 1. The summed E-state index contributed by atoms with van der Waals surface area (Å²) in [6, 6.07) is 0. The Morgan fingerprint density at radius 2 is 1.83 bits per heavy atom. The fourth-order valence-electron chi connectivity index (χ4n) is 3.21. The van der Waals surface area contributed by atoms with Crippen molar-refractivity contribution in [2.75, 3.05) is 60.0 Å². The summed E-state index contributed by atoms with van der Waals surface area (Å²) in [6.07, 6.45) is 1.19. The summed E-state index contributed by atoms with van der Waals surface area (Å²) < 4.78 is 10.9. The second kappa shape index (κ2) is 11.8. The average molecular weight is 525 g/mol. The Hall–Kier alpha value is -1.30. The summed E-state index contributed by atoms with van der Waals surface area (Å²) in [7, 11) is 3.46. The van der Waals surface area contributed by atoms with E-state index < -0.39 is 5.60 Å². The molecule has 0 aromatic heterocycles. The van der Waals surface area contributed by atoms with Crippen LogP contribution in [0.15, 0.2) is 4.99 Å². The molecule has 2 saturated heterocycles. The van der Waals surface area contributed by atoms with Crippen LogP contribution in [0.2, 0.25) is 0 Å². The van der Waals surface area contributed by atoms with Crippen LogP contribution in [0.1, 0.15) is 33.6 Å². The molecule has 0 aromatic carbocycles. The van der Waals surface area contributed by atoms with Gasteiger partial charge in [-0.2, -0.15) is 0 Å². The standard InChI is InChI=1S/C19H35N5O4.HI/c1-19(2,3)28-18(26)22(5)9-8-21-17(20-4)24-12-10-23(11-13-24)16(25)15-7-6-14-27-15;/h15H,6-14H2,1-5H3,(H,20,21);1H. The molecule has 0 radical (unpaired) electrons. The van der Waals surface area contributed by atoms with E-state index in [2.05, 4.69) is 15.2 Å². The topological polar surface area (TPSA) is 86.7 Å². The third-order valence-electron chi connectivity index (χ3n) is 4.74. The van der Waals surface area contributed by atoms with Crippen molar-refractivity contribution in [2.45, 2.75) is 45.3 Å². The molecular formula is C19H36IN5O4. The molecule has 2 amide bonds. The van der Waals surface area contributed by atoms with Crippen LogP contribution in [0.3, 0.4) is 0 Å². The van der Waals surface area contributed by atoms with Gasteiger partial charge in [0.05, 0.1) is 0 Å². The van der Waals surface area contributed by atoms with Gasteiger partial charge in [0.2, 0.25) is 0 Å². The zero-order chi connectivity index (χ0) is 20.7. The molecular weight excluding hydrogens is 489 g/mol. The van der Waals surface area contributed by atoms with E-state index in [4.69, 9.17) is 9.47 Å². The Balaban J connectivity index is 0.00000420. The molecule has 10 heteroatoms. The number of amides is 2. The van der Waals surface area contributed by atoms with E-state index in [1.54, 1.807) is 19.0 Å². The van der Waals surface area contributed by atoms with Crippen molar-refractivity contribution >= 4 is 41.9 Å². The van der Waals surface area contributed by atoms with Crippen molar-refractivity contribution in [2.24, 2.45) is 4.99 Å². The van der Waals surface area contributed by atoms with Gasteiger partial charge in [-0.1, -0.05) is 0 Å². The SMILES string of the molecule is CN=C(NCCN(C)C(=O)OC(C)(C)C)N1CCN(C(=O)C2CCCO2)CC1.I. The lowest BCUT2D eigenvalue weighted by molar-refractivity contribution is -0.142. The predicted octanol–water partition coefficient (Wildman–Crippen LogP) is 1.37. The molecule has 168 valence electrons. The van der Waals surface area contributed by atoms with Gasteiger partial charge in [0.25, 0.3) is 5.91 Å². The summed E-state index contributed by atoms with van der Waals surface area (Å²) in [5, 5.41) is 3.29. The molecule has 9 nitrogen and oxygen atoms in total. The van der Waals surface area contributed by atoms with E-state index in [0.29, 0.717) is 32.8 Å². The summed E-state index contributed by atoms with van der Waals surface area (Å²) in [6.45, 7) is 10.1. The number of carbonyl (C=O) groups excluding carboxylic acids is 2. The molecule has 2 heterocycles. The first-order chi connectivity index (χ1) is 13.2. The molecule has 1 unspecified atom stereocenters. The normalized spacial score (nSPS) is 20.2. The minimum absolute atomic E-state index is 0. The van der Waals surface area contributed by atoms with Crippen molar-refractivity contribution in [1.29, 1.82) is 0 Å². The number of hydrogen-bond acceptors (Lipinski definition) is 5. The van der Waals surface area contributed by atoms with Crippen LogP contribution in [0, 0.1) is 0 Å². The number of rotatable bonds is 4. The fourth-order valence-corrected chi connectivity index (χ4v) is 3.21. The molecule has 2 aliphatic rings. The molecule has 0 bridgehead atoms. The van der Waals surface area contributed by atoms with Gasteiger partial charge in [-0.15, -0.1) is 24.0 Å². The van der Waals surface area contributed by atoms with Crippen LogP contribution in [0.4, 0.5) is 4.79 Å². The number of hydrogen-bond donors (Lipinski definition) is 1. The average Bonchev–Trinajstić information content (AvgIpc) is 3.18. The highest BCUT2D eigenvalue weighted by Gasteiger charge is 2.31. The second-order valence-electron chi connectivity index (χ2n) is 8.19.